The van der Waals surface area contributed by atoms with Gasteiger partial charge < -0.3 is 10.2 Å². The van der Waals surface area contributed by atoms with Crippen LogP contribution in [0.25, 0.3) is 0 Å². The third-order valence-corrected chi connectivity index (χ3v) is 8.38. The Morgan fingerprint density at radius 1 is 1.15 bits per heavy atom. The molecule has 2 aliphatic carbocycles. The van der Waals surface area contributed by atoms with Crippen molar-refractivity contribution in [1.82, 2.24) is 14.9 Å². The Kier molecular flexibility index (Phi) is 6.87. The number of sulfone groups is 1. The molecule has 0 spiro atoms. The summed E-state index contributed by atoms with van der Waals surface area (Å²) in [5.74, 6) is -2.60. The van der Waals surface area contributed by atoms with Crippen LogP contribution in [0, 0.1) is 11.7 Å². The lowest BCUT2D eigenvalue weighted by atomic mass is 9.81. The number of aromatic nitrogens is 2. The topological polar surface area (TPSA) is 75.2 Å². The highest BCUT2D eigenvalue weighted by atomic mass is 32.2. The van der Waals surface area contributed by atoms with Crippen molar-refractivity contribution in [2.45, 2.75) is 66.9 Å². The minimum Gasteiger partial charge on any atom is -0.380 e. The Bertz CT molecular complexity index is 1120. The maximum atomic E-state index is 15.1. The molecule has 0 radical (unpaired) electrons. The quantitative estimate of drug-likeness (QED) is 0.563. The molecule has 1 N–H and O–H groups in total. The second-order valence-corrected chi connectivity index (χ2v) is 11.4. The van der Waals surface area contributed by atoms with Gasteiger partial charge in [-0.25, -0.2) is 22.8 Å². The number of benzene rings is 1. The van der Waals surface area contributed by atoms with Crippen molar-refractivity contribution >= 4 is 15.5 Å². The molecule has 3 atom stereocenters. The fourth-order valence-electron chi connectivity index (χ4n) is 4.72. The molecule has 0 unspecified atom stereocenters. The first-order valence-electron chi connectivity index (χ1n) is 11.3. The van der Waals surface area contributed by atoms with Gasteiger partial charge in [-0.2, -0.15) is 13.2 Å². The monoisotopic (exact) mass is 500 g/mol. The van der Waals surface area contributed by atoms with E-state index in [9.17, 15) is 21.6 Å². The molecule has 2 saturated carbocycles. The molecule has 0 bridgehead atoms. The summed E-state index contributed by atoms with van der Waals surface area (Å²) >= 11 is 0. The van der Waals surface area contributed by atoms with Crippen LogP contribution < -0.4 is 5.32 Å². The number of rotatable bonds is 7. The van der Waals surface area contributed by atoms with Crippen LogP contribution in [0.2, 0.25) is 0 Å². The number of nitrogens with one attached hydrogen (secondary N) is 1. The van der Waals surface area contributed by atoms with Crippen molar-refractivity contribution in [3.63, 3.8) is 0 Å². The average Bonchev–Trinajstić information content (AvgIpc) is 3.58. The molecule has 0 aliphatic heterocycles. The number of anilines is 1. The Balaban J connectivity index is 1.61. The van der Waals surface area contributed by atoms with Crippen molar-refractivity contribution in [3.8, 4) is 0 Å². The normalized spacial score (nSPS) is 23.8. The molecule has 0 amide bonds. The van der Waals surface area contributed by atoms with Crippen molar-refractivity contribution in [2.24, 2.45) is 5.92 Å². The Morgan fingerprint density at radius 2 is 1.88 bits per heavy atom. The van der Waals surface area contributed by atoms with Gasteiger partial charge in [0.15, 0.2) is 9.84 Å². The van der Waals surface area contributed by atoms with E-state index in [0.29, 0.717) is 11.3 Å². The minimum atomic E-state index is -4.25. The summed E-state index contributed by atoms with van der Waals surface area (Å²) in [5, 5.41) is 3.28. The molecule has 34 heavy (non-hydrogen) atoms. The zero-order valence-corrected chi connectivity index (χ0v) is 19.8. The fraction of sp³-hybridized carbons (Fsp3) is 0.565. The van der Waals surface area contributed by atoms with Crippen LogP contribution in [0.5, 0.6) is 0 Å². The molecule has 0 saturated heterocycles. The van der Waals surface area contributed by atoms with Gasteiger partial charge >= 0.3 is 6.18 Å². The Labute approximate surface area is 196 Å². The number of hydrogen-bond donors (Lipinski definition) is 1. The lowest BCUT2D eigenvalue weighted by Gasteiger charge is -2.41. The fourth-order valence-corrected chi connectivity index (χ4v) is 6.10. The molecular weight excluding hydrogens is 472 g/mol. The smallest absolute Gasteiger partial charge is 0.380 e. The van der Waals surface area contributed by atoms with Gasteiger partial charge in [0.05, 0.1) is 17.4 Å². The van der Waals surface area contributed by atoms with E-state index in [2.05, 4.69) is 15.3 Å². The highest BCUT2D eigenvalue weighted by molar-refractivity contribution is 7.90. The zero-order valence-electron chi connectivity index (χ0n) is 19.0. The average molecular weight is 501 g/mol. The molecule has 11 heteroatoms. The molecular formula is C23H28F4N4O2S. The molecule has 2 aliphatic rings. The summed E-state index contributed by atoms with van der Waals surface area (Å²) < 4.78 is 81.0. The van der Waals surface area contributed by atoms with Crippen LogP contribution in [0.1, 0.15) is 49.3 Å². The van der Waals surface area contributed by atoms with Gasteiger partial charge in [-0.15, -0.1) is 0 Å². The third-order valence-electron chi connectivity index (χ3n) is 6.72. The van der Waals surface area contributed by atoms with Gasteiger partial charge in [-0.05, 0) is 75.9 Å². The molecule has 1 heterocycles. The summed E-state index contributed by atoms with van der Waals surface area (Å²) in [6.07, 6.45) is 0.354. The van der Waals surface area contributed by atoms with Crippen molar-refractivity contribution in [3.05, 3.63) is 47.8 Å². The number of halogens is 4. The van der Waals surface area contributed by atoms with Crippen molar-refractivity contribution in [1.29, 1.82) is 0 Å². The molecule has 1 aromatic carbocycles. The molecule has 6 nitrogen and oxygen atoms in total. The van der Waals surface area contributed by atoms with Crippen molar-refractivity contribution in [2.75, 3.05) is 19.4 Å². The molecule has 186 valence electrons. The lowest BCUT2D eigenvalue weighted by Crippen LogP contribution is -2.49. The lowest BCUT2D eigenvalue weighted by molar-refractivity contribution is -0.186. The minimum absolute atomic E-state index is 0.00184. The maximum Gasteiger partial charge on any atom is 0.391 e. The van der Waals surface area contributed by atoms with Crippen LogP contribution in [-0.2, 0) is 15.6 Å². The summed E-state index contributed by atoms with van der Waals surface area (Å²) in [7, 11) is -0.517. The van der Waals surface area contributed by atoms with Crippen LogP contribution in [-0.4, -0.2) is 55.6 Å². The summed E-state index contributed by atoms with van der Waals surface area (Å²) in [4.78, 5) is 9.06. The molecule has 1 aromatic heterocycles. The number of hydrogen-bond acceptors (Lipinski definition) is 6. The number of likely N-dealkylation sites (N-methyl/N-ethyl adjacent to an activating group) is 1. The molecule has 2 aromatic rings. The van der Waals surface area contributed by atoms with E-state index in [0.717, 1.165) is 12.8 Å². The molecule has 4 rings (SSSR count). The van der Waals surface area contributed by atoms with Gasteiger partial charge in [0.1, 0.15) is 17.0 Å². The van der Waals surface area contributed by atoms with Gasteiger partial charge in [0.25, 0.3) is 0 Å². The Morgan fingerprint density at radius 3 is 2.47 bits per heavy atom. The second-order valence-electron chi connectivity index (χ2n) is 9.44. The van der Waals surface area contributed by atoms with Crippen LogP contribution >= 0.6 is 0 Å². The van der Waals surface area contributed by atoms with E-state index in [1.54, 1.807) is 19.0 Å². The largest absolute Gasteiger partial charge is 0.391 e. The zero-order chi connectivity index (χ0) is 24.7. The first-order chi connectivity index (χ1) is 16.0. The Hall–Kier alpha value is -2.27. The van der Waals surface area contributed by atoms with Crippen LogP contribution in [0.4, 0.5) is 23.2 Å². The first kappa shape index (κ1) is 24.8. The van der Waals surface area contributed by atoms with Crippen LogP contribution in [0.3, 0.4) is 0 Å². The SMILES string of the molecule is CN(C)[C@H]1C[C@@H](C(F)(F)F)CC[C@@H]1Nc1cc(F)c(S(=O)(=O)Cc2ccncn2)cc1C1CC1. The predicted octanol–water partition coefficient (Wildman–Crippen LogP) is 4.54. The van der Waals surface area contributed by atoms with Crippen molar-refractivity contribution < 1.29 is 26.0 Å². The first-order valence-corrected chi connectivity index (χ1v) is 12.9. The highest BCUT2D eigenvalue weighted by Crippen LogP contribution is 2.46. The summed E-state index contributed by atoms with van der Waals surface area (Å²) in [6, 6.07) is 3.33. The van der Waals surface area contributed by atoms with Gasteiger partial charge in [0.2, 0.25) is 0 Å². The second kappa shape index (κ2) is 9.41. The van der Waals surface area contributed by atoms with Gasteiger partial charge in [0, 0.05) is 24.0 Å². The maximum absolute atomic E-state index is 15.1. The van der Waals surface area contributed by atoms with Gasteiger partial charge in [-0.1, -0.05) is 0 Å². The highest BCUT2D eigenvalue weighted by Gasteiger charge is 2.45. The van der Waals surface area contributed by atoms with Crippen LogP contribution in [0.15, 0.2) is 35.6 Å². The van der Waals surface area contributed by atoms with E-state index >= 15 is 4.39 Å². The van der Waals surface area contributed by atoms with E-state index in [1.165, 1.54) is 30.7 Å². The van der Waals surface area contributed by atoms with E-state index < -0.39 is 39.5 Å². The van der Waals surface area contributed by atoms with E-state index in [-0.39, 0.29) is 41.8 Å². The number of alkyl halides is 3. The number of nitrogens with zero attached hydrogens (tertiary/aromatic N) is 3. The summed E-state index contributed by atoms with van der Waals surface area (Å²) in [6.45, 7) is 0. The predicted molar refractivity (Wildman–Crippen MR) is 120 cm³/mol. The van der Waals surface area contributed by atoms with E-state index in [4.69, 9.17) is 0 Å². The molecule has 2 fully saturated rings. The van der Waals surface area contributed by atoms with Gasteiger partial charge in [-0.3, -0.25) is 0 Å². The van der Waals surface area contributed by atoms with E-state index in [1.807, 2.05) is 0 Å². The summed E-state index contributed by atoms with van der Waals surface area (Å²) in [5.41, 5.74) is 1.42. The third kappa shape index (κ3) is 5.51. The standard InChI is InChI=1S/C23H28F4N4O2S/c1-31(2)21-9-15(23(25,26)27)5-6-19(21)30-20-11-18(24)22(10-17(20)14-3-4-14)34(32,33)12-16-7-8-28-13-29-16/h7-8,10-11,13-15,19,21,30H,3-6,9,12H2,1-2H3/t15-,19-,21-/m0/s1.